The number of rotatable bonds is 7. The molecule has 11 heteroatoms. The Morgan fingerprint density at radius 3 is 2.24 bits per heavy atom. The quantitative estimate of drug-likeness (QED) is 0.237. The van der Waals surface area contributed by atoms with Gasteiger partial charge in [0.25, 0.3) is 0 Å². The Morgan fingerprint density at radius 1 is 1.00 bits per heavy atom. The van der Waals surface area contributed by atoms with Gasteiger partial charge in [0.2, 0.25) is 6.29 Å². The van der Waals surface area contributed by atoms with E-state index in [1.807, 2.05) is 0 Å². The van der Waals surface area contributed by atoms with E-state index in [1.54, 1.807) is 24.3 Å². The van der Waals surface area contributed by atoms with Gasteiger partial charge >= 0.3 is 0 Å². The number of aliphatic hydroxyl groups excluding tert-OH is 6. The third-order valence-corrected chi connectivity index (χ3v) is 5.05. The van der Waals surface area contributed by atoms with Crippen LogP contribution in [0.15, 0.2) is 24.3 Å². The summed E-state index contributed by atoms with van der Waals surface area (Å²) in [7, 11) is 0. The summed E-state index contributed by atoms with van der Waals surface area (Å²) in [6.07, 6.45) is -10.0. The van der Waals surface area contributed by atoms with E-state index in [-0.39, 0.29) is 6.61 Å². The van der Waals surface area contributed by atoms with Crippen LogP contribution >= 0.6 is 0 Å². The smallest absolute Gasteiger partial charge is 0.229 e. The Kier molecular flexibility index (Phi) is 7.06. The molecule has 11 nitrogen and oxygen atoms in total. The molecule has 0 amide bonds. The minimum absolute atomic E-state index is 0.159. The van der Waals surface area contributed by atoms with Gasteiger partial charge in [-0.05, 0) is 17.7 Å². The molecule has 2 aliphatic heterocycles. The molecule has 1 aromatic rings. The van der Waals surface area contributed by atoms with E-state index in [4.69, 9.17) is 24.1 Å². The molecule has 0 saturated carbocycles. The molecule has 0 radical (unpaired) electrons. The van der Waals surface area contributed by atoms with Crippen LogP contribution in [0, 0.1) is 0 Å². The number of aliphatic hydroxyl groups is 7. The van der Waals surface area contributed by atoms with E-state index in [9.17, 15) is 30.6 Å². The van der Waals surface area contributed by atoms with Gasteiger partial charge in [-0.25, -0.2) is 0 Å². The van der Waals surface area contributed by atoms with Gasteiger partial charge in [0, 0.05) is 0 Å². The first-order chi connectivity index (χ1) is 13.8. The largest absolute Gasteiger partial charge is 0.462 e. The first-order valence-electron chi connectivity index (χ1n) is 9.10. The van der Waals surface area contributed by atoms with E-state index in [1.165, 1.54) is 0 Å². The second kappa shape index (κ2) is 9.18. The van der Waals surface area contributed by atoms with E-state index in [0.29, 0.717) is 11.3 Å². The molecule has 29 heavy (non-hydrogen) atoms. The maximum absolute atomic E-state index is 10.5. The van der Waals surface area contributed by atoms with Crippen molar-refractivity contribution in [2.75, 3.05) is 19.8 Å². The lowest BCUT2D eigenvalue weighted by Crippen LogP contribution is -2.62. The van der Waals surface area contributed by atoms with E-state index < -0.39 is 68.5 Å². The predicted octanol–water partition coefficient (Wildman–Crippen LogP) is -3.18. The highest BCUT2D eigenvalue weighted by Crippen LogP contribution is 2.31. The number of hydrogen-bond donors (Lipinski definition) is 7. The van der Waals surface area contributed by atoms with Crippen LogP contribution < -0.4 is 4.74 Å². The molecule has 0 aromatic heterocycles. The summed E-state index contributed by atoms with van der Waals surface area (Å²) in [6.45, 7) is -1.94. The molecule has 0 spiro atoms. The molecule has 0 unspecified atom stereocenters. The summed E-state index contributed by atoms with van der Waals surface area (Å²) < 4.78 is 21.9. The van der Waals surface area contributed by atoms with Gasteiger partial charge in [0.1, 0.15) is 35.8 Å². The lowest BCUT2D eigenvalue weighted by atomic mass is 9.98. The van der Waals surface area contributed by atoms with Crippen LogP contribution in [0.4, 0.5) is 0 Å². The molecule has 2 saturated heterocycles. The van der Waals surface area contributed by atoms with Crippen molar-refractivity contribution in [2.24, 2.45) is 0 Å². The maximum atomic E-state index is 10.5. The van der Waals surface area contributed by atoms with E-state index >= 15 is 0 Å². The van der Waals surface area contributed by atoms with E-state index in [2.05, 4.69) is 0 Å². The van der Waals surface area contributed by atoms with Crippen molar-refractivity contribution >= 4 is 0 Å². The Balaban J connectivity index is 1.78. The lowest BCUT2D eigenvalue weighted by molar-refractivity contribution is -0.318. The average Bonchev–Trinajstić information content (AvgIpc) is 3.02. The second-order valence-electron chi connectivity index (χ2n) is 7.11. The van der Waals surface area contributed by atoms with Crippen LogP contribution in [0.5, 0.6) is 5.75 Å². The standard InChI is InChI=1S/C18H26O11/c19-5-9-1-3-10(4-2-9)27-16-14(13(23)12(22)11(6-20)28-16)29-17-15(24)18(25,7-21)8-26-17/h1-4,11-17,19-25H,5-8H2/t11-,12-,13+,14-,15+,16-,17+,18-/m1/s1. The second-order valence-corrected chi connectivity index (χ2v) is 7.11. The first kappa shape index (κ1) is 22.3. The lowest BCUT2D eigenvalue weighted by Gasteiger charge is -2.42. The topological polar surface area (TPSA) is 179 Å². The van der Waals surface area contributed by atoms with Gasteiger partial charge in [-0.15, -0.1) is 0 Å². The molecule has 2 heterocycles. The molecular formula is C18H26O11. The van der Waals surface area contributed by atoms with Gasteiger partial charge in [0.05, 0.1) is 26.4 Å². The Morgan fingerprint density at radius 2 is 1.69 bits per heavy atom. The minimum Gasteiger partial charge on any atom is -0.462 e. The molecule has 8 atom stereocenters. The monoisotopic (exact) mass is 418 g/mol. The summed E-state index contributed by atoms with van der Waals surface area (Å²) in [5, 5.41) is 68.6. The fourth-order valence-corrected chi connectivity index (χ4v) is 3.17. The summed E-state index contributed by atoms with van der Waals surface area (Å²) in [6, 6.07) is 6.30. The minimum atomic E-state index is -1.94. The fourth-order valence-electron chi connectivity index (χ4n) is 3.17. The summed E-state index contributed by atoms with van der Waals surface area (Å²) in [5.74, 6) is 0.292. The fraction of sp³-hybridized carbons (Fsp3) is 0.667. The predicted molar refractivity (Wildman–Crippen MR) is 93.4 cm³/mol. The van der Waals surface area contributed by atoms with Crippen molar-refractivity contribution in [1.82, 2.24) is 0 Å². The Bertz CT molecular complexity index is 656. The normalized spacial score (nSPS) is 40.2. The van der Waals surface area contributed by atoms with Crippen molar-refractivity contribution in [2.45, 2.75) is 55.3 Å². The molecule has 2 aliphatic rings. The van der Waals surface area contributed by atoms with Crippen molar-refractivity contribution in [3.05, 3.63) is 29.8 Å². The highest BCUT2D eigenvalue weighted by molar-refractivity contribution is 5.27. The molecule has 0 aliphatic carbocycles. The summed E-state index contributed by atoms with van der Waals surface area (Å²) in [4.78, 5) is 0. The maximum Gasteiger partial charge on any atom is 0.229 e. The van der Waals surface area contributed by atoms with Crippen LogP contribution in [0.25, 0.3) is 0 Å². The van der Waals surface area contributed by atoms with E-state index in [0.717, 1.165) is 0 Å². The average molecular weight is 418 g/mol. The highest BCUT2D eigenvalue weighted by atomic mass is 16.8. The van der Waals surface area contributed by atoms with Crippen molar-refractivity contribution < 1.29 is 54.7 Å². The van der Waals surface area contributed by atoms with Crippen LogP contribution in [0.2, 0.25) is 0 Å². The third-order valence-electron chi connectivity index (χ3n) is 5.05. The van der Waals surface area contributed by atoms with Crippen LogP contribution in [-0.2, 0) is 20.8 Å². The van der Waals surface area contributed by atoms with Gasteiger partial charge in [-0.2, -0.15) is 0 Å². The summed E-state index contributed by atoms with van der Waals surface area (Å²) in [5.41, 5.74) is -1.29. The van der Waals surface area contributed by atoms with Gasteiger partial charge in [0.15, 0.2) is 12.4 Å². The first-order valence-corrected chi connectivity index (χ1v) is 9.10. The number of benzene rings is 1. The molecule has 1 aromatic carbocycles. The van der Waals surface area contributed by atoms with Crippen LogP contribution in [0.1, 0.15) is 5.56 Å². The molecular weight excluding hydrogens is 392 g/mol. The van der Waals surface area contributed by atoms with Crippen molar-refractivity contribution in [1.29, 1.82) is 0 Å². The van der Waals surface area contributed by atoms with Crippen molar-refractivity contribution in [3.63, 3.8) is 0 Å². The Hall–Kier alpha value is -1.38. The van der Waals surface area contributed by atoms with Crippen LogP contribution in [0.3, 0.4) is 0 Å². The van der Waals surface area contributed by atoms with Gasteiger partial charge < -0.3 is 54.7 Å². The van der Waals surface area contributed by atoms with Crippen molar-refractivity contribution in [3.8, 4) is 5.75 Å². The zero-order chi connectivity index (χ0) is 21.2. The van der Waals surface area contributed by atoms with Gasteiger partial charge in [-0.3, -0.25) is 0 Å². The SMILES string of the molecule is OCc1ccc(O[C@@H]2O[C@H](CO)[C@@H](O)[C@H](O)[C@H]2O[C@@H]2OC[C@](O)(CO)[C@H]2O)cc1. The number of ether oxygens (including phenoxy) is 4. The third kappa shape index (κ3) is 4.54. The zero-order valence-corrected chi connectivity index (χ0v) is 15.4. The highest BCUT2D eigenvalue weighted by Gasteiger charge is 2.53. The van der Waals surface area contributed by atoms with Crippen LogP contribution in [-0.4, -0.2) is 104 Å². The summed E-state index contributed by atoms with van der Waals surface area (Å²) >= 11 is 0. The molecule has 2 fully saturated rings. The Labute approximate surface area is 166 Å². The molecule has 0 bridgehead atoms. The molecule has 3 rings (SSSR count). The zero-order valence-electron chi connectivity index (χ0n) is 15.4. The van der Waals surface area contributed by atoms with Gasteiger partial charge in [-0.1, -0.05) is 12.1 Å². The number of hydrogen-bond acceptors (Lipinski definition) is 11. The molecule has 7 N–H and O–H groups in total. The molecule has 164 valence electrons.